The Labute approximate surface area is 136 Å². The molecular weight excluding hydrogens is 323 g/mol. The summed E-state index contributed by atoms with van der Waals surface area (Å²) in [7, 11) is 0. The van der Waals surface area contributed by atoms with Crippen molar-refractivity contribution in [2.24, 2.45) is 5.92 Å². The van der Waals surface area contributed by atoms with Gasteiger partial charge in [-0.15, -0.1) is 0 Å². The third kappa shape index (κ3) is 3.66. The highest BCUT2D eigenvalue weighted by molar-refractivity contribution is 5.36. The van der Waals surface area contributed by atoms with Crippen LogP contribution in [-0.2, 0) is 6.18 Å². The summed E-state index contributed by atoms with van der Waals surface area (Å²) in [5.74, 6) is 1.83. The fourth-order valence-electron chi connectivity index (χ4n) is 2.98. The monoisotopic (exact) mass is 341 g/mol. The second-order valence-electron chi connectivity index (χ2n) is 6.09. The molecule has 9 heteroatoms. The van der Waals surface area contributed by atoms with Crippen LogP contribution in [0.5, 0.6) is 0 Å². The number of alkyl halides is 3. The first kappa shape index (κ1) is 16.7. The van der Waals surface area contributed by atoms with Gasteiger partial charge in [-0.1, -0.05) is 0 Å². The molecule has 3 N–H and O–H groups in total. The first-order valence-electron chi connectivity index (χ1n) is 7.67. The number of hydrogen-bond donors (Lipinski definition) is 3. The lowest BCUT2D eigenvalue weighted by atomic mass is 10.0. The van der Waals surface area contributed by atoms with Gasteiger partial charge in [-0.2, -0.15) is 18.3 Å². The number of aromatic nitrogens is 4. The Hall–Kier alpha value is -2.16. The Balaban J connectivity index is 1.57. The fraction of sp³-hybridized carbons (Fsp3) is 0.533. The van der Waals surface area contributed by atoms with Crippen LogP contribution in [0.25, 0.3) is 0 Å². The number of halogens is 3. The van der Waals surface area contributed by atoms with Crippen LogP contribution in [0.2, 0.25) is 0 Å². The van der Waals surface area contributed by atoms with E-state index in [0.717, 1.165) is 18.1 Å². The number of anilines is 1. The van der Waals surface area contributed by atoms with E-state index in [1.807, 2.05) is 6.92 Å². The molecule has 1 aliphatic rings. The summed E-state index contributed by atoms with van der Waals surface area (Å²) in [6, 6.07) is 2.28. The highest BCUT2D eigenvalue weighted by Gasteiger charge is 2.35. The minimum atomic E-state index is -4.39. The molecule has 6 nitrogen and oxygen atoms in total. The van der Waals surface area contributed by atoms with E-state index in [0.29, 0.717) is 31.0 Å². The summed E-state index contributed by atoms with van der Waals surface area (Å²) in [5.41, 5.74) is -0.783. The quantitative estimate of drug-likeness (QED) is 0.795. The molecule has 0 bridgehead atoms. The normalized spacial score (nSPS) is 24.3. The van der Waals surface area contributed by atoms with E-state index < -0.39 is 17.8 Å². The van der Waals surface area contributed by atoms with Gasteiger partial charge in [-0.05, 0) is 31.9 Å². The average molecular weight is 341 g/mol. The number of aliphatic hydroxyl groups excluding tert-OH is 1. The molecule has 3 rings (SSSR count). The second kappa shape index (κ2) is 6.39. The first-order valence-corrected chi connectivity index (χ1v) is 7.67. The van der Waals surface area contributed by atoms with Crippen LogP contribution in [0, 0.1) is 12.8 Å². The van der Waals surface area contributed by atoms with Gasteiger partial charge >= 0.3 is 6.18 Å². The molecule has 3 atom stereocenters. The second-order valence-corrected chi connectivity index (χ2v) is 6.09. The molecular formula is C15H18F3N5O. The maximum absolute atomic E-state index is 12.5. The molecule has 1 fully saturated rings. The van der Waals surface area contributed by atoms with E-state index in [1.165, 1.54) is 6.07 Å². The molecule has 24 heavy (non-hydrogen) atoms. The summed E-state index contributed by atoms with van der Waals surface area (Å²) in [6.07, 6.45) is -2.81. The number of rotatable bonds is 4. The van der Waals surface area contributed by atoms with Gasteiger partial charge in [-0.3, -0.25) is 5.10 Å². The van der Waals surface area contributed by atoms with Gasteiger partial charge < -0.3 is 10.4 Å². The number of aryl methyl sites for hydroxylation is 1. The van der Waals surface area contributed by atoms with Gasteiger partial charge in [0, 0.05) is 24.6 Å². The standard InChI is InChI=1S/C15H18F3N5O/c1-8-21-14(23-22-8)9-4-10(12(24)5-9)6-19-13-3-2-11(7-20-13)15(16,17)18/h2-3,7,9-10,12,24H,4-6H2,1H3,(H,19,20)(H,21,22,23)/t9-,10+,12+/m0/s1. The number of nitrogens with one attached hydrogen (secondary N) is 2. The van der Waals surface area contributed by atoms with Crippen molar-refractivity contribution in [1.29, 1.82) is 0 Å². The van der Waals surface area contributed by atoms with E-state index in [9.17, 15) is 18.3 Å². The summed E-state index contributed by atoms with van der Waals surface area (Å²) >= 11 is 0. The fourth-order valence-corrected chi connectivity index (χ4v) is 2.98. The highest BCUT2D eigenvalue weighted by Crippen LogP contribution is 2.37. The van der Waals surface area contributed by atoms with Crippen LogP contribution in [0.3, 0.4) is 0 Å². The molecule has 0 spiro atoms. The number of nitrogens with zero attached hydrogens (tertiary/aromatic N) is 3. The van der Waals surface area contributed by atoms with Gasteiger partial charge in [0.25, 0.3) is 0 Å². The van der Waals surface area contributed by atoms with Crippen LogP contribution in [0.15, 0.2) is 18.3 Å². The molecule has 130 valence electrons. The Kier molecular flexibility index (Phi) is 4.44. The lowest BCUT2D eigenvalue weighted by Crippen LogP contribution is -2.22. The molecule has 0 radical (unpaired) electrons. The highest BCUT2D eigenvalue weighted by atomic mass is 19.4. The lowest BCUT2D eigenvalue weighted by Gasteiger charge is -2.15. The lowest BCUT2D eigenvalue weighted by molar-refractivity contribution is -0.137. The molecule has 0 unspecified atom stereocenters. The smallest absolute Gasteiger partial charge is 0.393 e. The van der Waals surface area contributed by atoms with E-state index in [2.05, 4.69) is 25.5 Å². The summed E-state index contributed by atoms with van der Waals surface area (Å²) < 4.78 is 37.5. The van der Waals surface area contributed by atoms with E-state index >= 15 is 0 Å². The minimum absolute atomic E-state index is 0.0297. The van der Waals surface area contributed by atoms with Crippen LogP contribution in [-0.4, -0.2) is 37.9 Å². The SMILES string of the molecule is Cc1nc([C@H]2C[C@H](CNc3ccc(C(F)(F)F)cn3)[C@H](O)C2)n[nH]1. The van der Waals surface area contributed by atoms with Crippen molar-refractivity contribution in [3.63, 3.8) is 0 Å². The predicted molar refractivity (Wildman–Crippen MR) is 80.3 cm³/mol. The minimum Gasteiger partial charge on any atom is -0.393 e. The van der Waals surface area contributed by atoms with Crippen molar-refractivity contribution in [3.05, 3.63) is 35.5 Å². The van der Waals surface area contributed by atoms with Crippen molar-refractivity contribution >= 4 is 5.82 Å². The summed E-state index contributed by atoms with van der Waals surface area (Å²) in [5, 5.41) is 20.1. The zero-order valence-corrected chi connectivity index (χ0v) is 13.0. The van der Waals surface area contributed by atoms with Crippen molar-refractivity contribution in [2.45, 2.75) is 38.0 Å². The van der Waals surface area contributed by atoms with Crippen LogP contribution in [0.1, 0.15) is 36.0 Å². The maximum atomic E-state index is 12.5. The molecule has 0 aromatic carbocycles. The topological polar surface area (TPSA) is 86.7 Å². The molecule has 1 saturated carbocycles. The van der Waals surface area contributed by atoms with Gasteiger partial charge in [-0.25, -0.2) is 9.97 Å². The zero-order valence-electron chi connectivity index (χ0n) is 13.0. The zero-order chi connectivity index (χ0) is 17.3. The summed E-state index contributed by atoms with van der Waals surface area (Å²) in [4.78, 5) is 8.06. The number of H-pyrrole nitrogens is 1. The van der Waals surface area contributed by atoms with E-state index in [1.54, 1.807) is 0 Å². The number of aromatic amines is 1. The molecule has 0 saturated heterocycles. The van der Waals surface area contributed by atoms with Gasteiger partial charge in [0.1, 0.15) is 11.6 Å². The van der Waals surface area contributed by atoms with Crippen molar-refractivity contribution in [3.8, 4) is 0 Å². The Bertz CT molecular complexity index is 685. The predicted octanol–water partition coefficient (Wildman–Crippen LogP) is 2.49. The Morgan fingerprint density at radius 3 is 2.71 bits per heavy atom. The Morgan fingerprint density at radius 1 is 1.33 bits per heavy atom. The van der Waals surface area contributed by atoms with Crippen molar-refractivity contribution < 1.29 is 18.3 Å². The Morgan fingerprint density at radius 2 is 2.12 bits per heavy atom. The molecule has 2 aromatic rings. The number of aliphatic hydroxyl groups is 1. The van der Waals surface area contributed by atoms with Crippen molar-refractivity contribution in [1.82, 2.24) is 20.2 Å². The molecule has 1 aliphatic carbocycles. The van der Waals surface area contributed by atoms with Gasteiger partial charge in [0.2, 0.25) is 0 Å². The molecule has 2 heterocycles. The third-order valence-corrected chi connectivity index (χ3v) is 4.27. The first-order chi connectivity index (χ1) is 11.3. The molecule has 2 aromatic heterocycles. The number of hydrogen-bond acceptors (Lipinski definition) is 5. The van der Waals surface area contributed by atoms with Crippen LogP contribution < -0.4 is 5.32 Å². The van der Waals surface area contributed by atoms with Crippen LogP contribution in [0.4, 0.5) is 19.0 Å². The average Bonchev–Trinajstić information content (AvgIpc) is 3.11. The maximum Gasteiger partial charge on any atom is 0.417 e. The molecule has 0 amide bonds. The van der Waals surface area contributed by atoms with E-state index in [4.69, 9.17) is 0 Å². The van der Waals surface area contributed by atoms with Gasteiger partial charge in [0.15, 0.2) is 5.82 Å². The largest absolute Gasteiger partial charge is 0.417 e. The third-order valence-electron chi connectivity index (χ3n) is 4.27. The number of pyridine rings is 1. The van der Waals surface area contributed by atoms with E-state index in [-0.39, 0.29) is 11.8 Å². The summed E-state index contributed by atoms with van der Waals surface area (Å²) in [6.45, 7) is 2.25. The van der Waals surface area contributed by atoms with Crippen LogP contribution >= 0.6 is 0 Å². The van der Waals surface area contributed by atoms with Crippen molar-refractivity contribution in [2.75, 3.05) is 11.9 Å². The molecule has 0 aliphatic heterocycles. The van der Waals surface area contributed by atoms with Gasteiger partial charge in [0.05, 0.1) is 11.7 Å².